The van der Waals surface area contributed by atoms with Gasteiger partial charge in [0.15, 0.2) is 17.5 Å². The maximum Gasteiger partial charge on any atom is 0.322 e. The van der Waals surface area contributed by atoms with E-state index in [1.54, 1.807) is 6.20 Å². The maximum atomic E-state index is 13.3. The lowest BCUT2D eigenvalue weighted by atomic mass is 9.64. The number of anilines is 1. The average Bonchev–Trinajstić information content (AvgIpc) is 2.76. The summed E-state index contributed by atoms with van der Waals surface area (Å²) in [5.74, 6) is 0.989. The highest BCUT2D eigenvalue weighted by Gasteiger charge is 2.61. The molecule has 3 atom stereocenters. The number of halogens is 1. The molecule has 0 unspecified atom stereocenters. The van der Waals surface area contributed by atoms with E-state index in [9.17, 15) is 9.18 Å². The molecule has 5 rings (SSSR count). The molecule has 8 nitrogen and oxygen atoms in total. The summed E-state index contributed by atoms with van der Waals surface area (Å²) in [4.78, 5) is 27.7. The molecule has 0 saturated carbocycles. The van der Waals surface area contributed by atoms with Crippen LogP contribution in [0.3, 0.4) is 0 Å². The Hall–Kier alpha value is -3.49. The van der Waals surface area contributed by atoms with Crippen LogP contribution >= 0.6 is 0 Å². The fraction of sp³-hybridized carbons (Fsp3) is 0.364. The van der Waals surface area contributed by atoms with Gasteiger partial charge in [-0.2, -0.15) is 5.10 Å². The number of carbonyl (C=O) groups excluding carboxylic acids is 1. The first-order chi connectivity index (χ1) is 15.0. The number of piperidine rings is 1. The minimum absolute atomic E-state index is 0.151. The van der Waals surface area contributed by atoms with Gasteiger partial charge in [0, 0.05) is 23.5 Å². The molecule has 0 aliphatic carbocycles. The van der Waals surface area contributed by atoms with Gasteiger partial charge >= 0.3 is 6.03 Å². The van der Waals surface area contributed by atoms with Crippen LogP contribution in [-0.2, 0) is 5.54 Å². The SMILES string of the molecule is Cc1ccc(NC(=O)N2[C@@H]3C[C@H](C)C[C@@]2(c2nccnn2)C3)cc1-c1ncc(F)cn1. The first-order valence-corrected chi connectivity index (χ1v) is 10.3. The van der Waals surface area contributed by atoms with Crippen LogP contribution < -0.4 is 5.32 Å². The van der Waals surface area contributed by atoms with Crippen molar-refractivity contribution < 1.29 is 9.18 Å². The summed E-state index contributed by atoms with van der Waals surface area (Å²) < 4.78 is 13.2. The zero-order chi connectivity index (χ0) is 21.6. The Bertz CT molecular complexity index is 1120. The van der Waals surface area contributed by atoms with Crippen LogP contribution in [0.5, 0.6) is 0 Å². The molecule has 1 N–H and O–H groups in total. The lowest BCUT2D eigenvalue weighted by Crippen LogP contribution is -2.70. The van der Waals surface area contributed by atoms with Gasteiger partial charge < -0.3 is 10.2 Å². The summed E-state index contributed by atoms with van der Waals surface area (Å²) in [6, 6.07) is 5.50. The molecule has 1 aromatic carbocycles. The van der Waals surface area contributed by atoms with Crippen LogP contribution in [0, 0.1) is 18.7 Å². The Balaban J connectivity index is 1.42. The van der Waals surface area contributed by atoms with E-state index in [1.165, 1.54) is 6.20 Å². The molecule has 0 radical (unpaired) electrons. The fourth-order valence-electron chi connectivity index (χ4n) is 5.00. The Morgan fingerprint density at radius 1 is 1.19 bits per heavy atom. The highest BCUT2D eigenvalue weighted by atomic mass is 19.1. The van der Waals surface area contributed by atoms with Crippen LogP contribution in [0.15, 0.2) is 43.0 Å². The molecule has 3 aromatic rings. The van der Waals surface area contributed by atoms with Crippen LogP contribution in [-0.4, -0.2) is 42.1 Å². The molecule has 2 aliphatic heterocycles. The van der Waals surface area contributed by atoms with E-state index in [0.29, 0.717) is 23.3 Å². The van der Waals surface area contributed by atoms with Crippen molar-refractivity contribution in [1.29, 1.82) is 0 Å². The molecule has 2 amide bonds. The molecule has 2 saturated heterocycles. The number of fused-ring (bicyclic) bond motifs is 2. The number of carbonyl (C=O) groups is 1. The van der Waals surface area contributed by atoms with Gasteiger partial charge in [0.25, 0.3) is 0 Å². The van der Waals surface area contributed by atoms with E-state index in [1.807, 2.05) is 30.0 Å². The standard InChI is InChI=1S/C22H22FN7O/c1-13-7-17-10-22(9-13,20-24-5-6-27-29-20)30(17)21(31)28-16-4-3-14(2)18(8-16)19-25-11-15(23)12-26-19/h3-6,8,11-13,17H,7,9-10H2,1-2H3,(H,28,31)/t13-,17+,22-/m0/s1. The smallest absolute Gasteiger partial charge is 0.308 e. The summed E-state index contributed by atoms with van der Waals surface area (Å²) >= 11 is 0. The number of amides is 2. The Kier molecular flexibility index (Phi) is 4.60. The molecule has 2 bridgehead atoms. The highest BCUT2D eigenvalue weighted by molar-refractivity contribution is 5.92. The predicted octanol–water partition coefficient (Wildman–Crippen LogP) is 3.71. The molecule has 0 spiro atoms. The van der Waals surface area contributed by atoms with Crippen LogP contribution in [0.1, 0.15) is 37.6 Å². The third kappa shape index (κ3) is 3.30. The van der Waals surface area contributed by atoms with E-state index >= 15 is 0 Å². The molecular weight excluding hydrogens is 397 g/mol. The van der Waals surface area contributed by atoms with Crippen molar-refractivity contribution >= 4 is 11.7 Å². The average molecular weight is 419 g/mol. The first kappa shape index (κ1) is 19.5. The first-order valence-electron chi connectivity index (χ1n) is 10.3. The second-order valence-electron chi connectivity index (χ2n) is 8.46. The number of benzene rings is 1. The summed E-state index contributed by atoms with van der Waals surface area (Å²) in [6.45, 7) is 4.12. The Morgan fingerprint density at radius 2 is 2.00 bits per heavy atom. The van der Waals surface area contributed by atoms with Gasteiger partial charge in [0.05, 0.1) is 18.6 Å². The van der Waals surface area contributed by atoms with Crippen molar-refractivity contribution in [2.75, 3.05) is 5.32 Å². The molecule has 2 aliphatic rings. The molecule has 31 heavy (non-hydrogen) atoms. The van der Waals surface area contributed by atoms with Crippen LogP contribution in [0.4, 0.5) is 14.9 Å². The van der Waals surface area contributed by atoms with Gasteiger partial charge in [-0.05, 0) is 49.8 Å². The summed E-state index contributed by atoms with van der Waals surface area (Å²) in [7, 11) is 0. The van der Waals surface area contributed by atoms with Crippen molar-refractivity contribution in [2.45, 2.75) is 44.7 Å². The zero-order valence-electron chi connectivity index (χ0n) is 17.3. The minimum Gasteiger partial charge on any atom is -0.308 e. The topological polar surface area (TPSA) is 96.8 Å². The van der Waals surface area contributed by atoms with Crippen molar-refractivity contribution in [1.82, 2.24) is 30.0 Å². The van der Waals surface area contributed by atoms with Gasteiger partial charge in [-0.15, -0.1) is 5.10 Å². The number of rotatable bonds is 3. The molecule has 158 valence electrons. The lowest BCUT2D eigenvalue weighted by Gasteiger charge is -2.62. The number of nitrogens with one attached hydrogen (secondary N) is 1. The van der Waals surface area contributed by atoms with Crippen LogP contribution in [0.25, 0.3) is 11.4 Å². The quantitative estimate of drug-likeness (QED) is 0.695. The molecule has 2 fully saturated rings. The van der Waals surface area contributed by atoms with Gasteiger partial charge in [-0.3, -0.25) is 0 Å². The maximum absolute atomic E-state index is 13.3. The van der Waals surface area contributed by atoms with E-state index < -0.39 is 11.4 Å². The van der Waals surface area contributed by atoms with Gasteiger partial charge in [-0.25, -0.2) is 24.1 Å². The van der Waals surface area contributed by atoms with Gasteiger partial charge in [0.1, 0.15) is 5.54 Å². The van der Waals surface area contributed by atoms with E-state index in [-0.39, 0.29) is 12.1 Å². The summed E-state index contributed by atoms with van der Waals surface area (Å²) in [5, 5.41) is 11.2. The Morgan fingerprint density at radius 3 is 2.74 bits per heavy atom. The monoisotopic (exact) mass is 419 g/mol. The third-order valence-electron chi connectivity index (χ3n) is 6.23. The van der Waals surface area contributed by atoms with Crippen molar-refractivity contribution in [3.05, 3.63) is 60.2 Å². The van der Waals surface area contributed by atoms with Crippen molar-refractivity contribution in [2.24, 2.45) is 5.92 Å². The lowest BCUT2D eigenvalue weighted by molar-refractivity contribution is -0.101. The second kappa shape index (κ2) is 7.33. The minimum atomic E-state index is -0.520. The highest BCUT2D eigenvalue weighted by Crippen LogP contribution is 2.54. The molecule has 9 heteroatoms. The predicted molar refractivity (Wildman–Crippen MR) is 111 cm³/mol. The van der Waals surface area contributed by atoms with Gasteiger partial charge in [-0.1, -0.05) is 13.0 Å². The molecule has 2 aromatic heterocycles. The van der Waals surface area contributed by atoms with E-state index in [0.717, 1.165) is 42.8 Å². The third-order valence-corrected chi connectivity index (χ3v) is 6.23. The van der Waals surface area contributed by atoms with Crippen molar-refractivity contribution in [3.63, 3.8) is 0 Å². The Labute approximate surface area is 179 Å². The number of urea groups is 1. The fourth-order valence-corrected chi connectivity index (χ4v) is 5.00. The largest absolute Gasteiger partial charge is 0.322 e. The summed E-state index contributed by atoms with van der Waals surface area (Å²) in [5.41, 5.74) is 1.77. The normalized spacial score (nSPS) is 24.4. The van der Waals surface area contributed by atoms with E-state index in [4.69, 9.17) is 0 Å². The number of nitrogens with zero attached hydrogens (tertiary/aromatic N) is 6. The molecule has 4 heterocycles. The number of hydrogen-bond donors (Lipinski definition) is 1. The number of hydrogen-bond acceptors (Lipinski definition) is 6. The zero-order valence-corrected chi connectivity index (χ0v) is 17.3. The van der Waals surface area contributed by atoms with E-state index in [2.05, 4.69) is 37.4 Å². The summed E-state index contributed by atoms with van der Waals surface area (Å²) in [6.07, 6.45) is 8.04. The van der Waals surface area contributed by atoms with Crippen molar-refractivity contribution in [3.8, 4) is 11.4 Å². The van der Waals surface area contributed by atoms with Gasteiger partial charge in [0.2, 0.25) is 0 Å². The second-order valence-corrected chi connectivity index (χ2v) is 8.46. The number of aryl methyl sites for hydroxylation is 1. The van der Waals surface area contributed by atoms with Crippen LogP contribution in [0.2, 0.25) is 0 Å². The molecular formula is C22H22FN7O. The number of aromatic nitrogens is 5.